The zero-order chi connectivity index (χ0) is 21.9. The summed E-state index contributed by atoms with van der Waals surface area (Å²) in [6.07, 6.45) is 12.0. The molecule has 4 aliphatic rings. The highest BCUT2D eigenvalue weighted by Gasteiger charge is 2.67. The van der Waals surface area contributed by atoms with Crippen LogP contribution in [0.2, 0.25) is 0 Å². The van der Waals surface area contributed by atoms with Gasteiger partial charge < -0.3 is 10.2 Å². The van der Waals surface area contributed by atoms with Crippen LogP contribution in [0.4, 0.5) is 0 Å². The molecule has 4 rings (SSSR count). The first-order valence-electron chi connectivity index (χ1n) is 13.1. The normalized spacial score (nSPS) is 51.9. The van der Waals surface area contributed by atoms with Crippen LogP contribution in [0.25, 0.3) is 0 Å². The Morgan fingerprint density at radius 1 is 0.967 bits per heavy atom. The minimum Gasteiger partial charge on any atom is -0.390 e. The molecule has 0 radical (unpaired) electrons. The fourth-order valence-electron chi connectivity index (χ4n) is 9.25. The highest BCUT2D eigenvalue weighted by Crippen LogP contribution is 2.69. The van der Waals surface area contributed by atoms with Crippen LogP contribution in [-0.4, -0.2) is 27.3 Å². The summed E-state index contributed by atoms with van der Waals surface area (Å²) in [5.74, 6) is 4.29. The quantitative estimate of drug-likeness (QED) is 0.463. The summed E-state index contributed by atoms with van der Waals surface area (Å²) in [7, 11) is 0. The fraction of sp³-hybridized carbons (Fsp3) is 1.00. The molecular weight excluding hydrogens is 392 g/mol. The first kappa shape index (κ1) is 23.4. The van der Waals surface area contributed by atoms with E-state index in [4.69, 9.17) is 11.6 Å². The maximum atomic E-state index is 11.7. The van der Waals surface area contributed by atoms with E-state index in [1.165, 1.54) is 44.9 Å². The molecule has 2 nitrogen and oxygen atoms in total. The van der Waals surface area contributed by atoms with Gasteiger partial charge in [-0.3, -0.25) is 0 Å². The summed E-state index contributed by atoms with van der Waals surface area (Å²) >= 11 is 6.48. The number of aliphatic hydroxyl groups excluding tert-OH is 1. The zero-order valence-corrected chi connectivity index (χ0v) is 20.9. The Morgan fingerprint density at radius 3 is 2.40 bits per heavy atom. The van der Waals surface area contributed by atoms with Gasteiger partial charge in [0.2, 0.25) is 0 Å². The standard InChI is InChI=1S/C27H47ClO2/c1-17(2)7-6-8-18(3)21-9-10-22-20-15-24(29)27(30)16-19(28)11-14-26(27,5)23(20)12-13-25(21,22)4/h17-24,29-30H,6-16H2,1-5H3/t18?,19?,20?,21?,22?,23?,24?,25?,26?,27-/m0/s1. The molecule has 30 heavy (non-hydrogen) atoms. The van der Waals surface area contributed by atoms with Gasteiger partial charge in [0.15, 0.2) is 0 Å². The first-order valence-corrected chi connectivity index (χ1v) is 13.5. The third-order valence-corrected chi connectivity index (χ3v) is 11.4. The molecule has 3 heteroatoms. The van der Waals surface area contributed by atoms with Gasteiger partial charge in [-0.2, -0.15) is 0 Å². The summed E-state index contributed by atoms with van der Waals surface area (Å²) in [4.78, 5) is 0. The fourth-order valence-corrected chi connectivity index (χ4v) is 9.60. The lowest BCUT2D eigenvalue weighted by Crippen LogP contribution is -2.68. The second kappa shape index (κ2) is 8.21. The molecule has 0 amide bonds. The van der Waals surface area contributed by atoms with Crippen molar-refractivity contribution in [1.29, 1.82) is 0 Å². The van der Waals surface area contributed by atoms with Crippen LogP contribution in [0, 0.1) is 46.3 Å². The van der Waals surface area contributed by atoms with E-state index in [2.05, 4.69) is 34.6 Å². The summed E-state index contributed by atoms with van der Waals surface area (Å²) < 4.78 is 0. The van der Waals surface area contributed by atoms with E-state index < -0.39 is 11.7 Å². The highest BCUT2D eigenvalue weighted by molar-refractivity contribution is 6.20. The van der Waals surface area contributed by atoms with E-state index in [0.29, 0.717) is 23.7 Å². The molecule has 0 spiro atoms. The Labute approximate surface area is 190 Å². The zero-order valence-electron chi connectivity index (χ0n) is 20.2. The van der Waals surface area contributed by atoms with E-state index in [9.17, 15) is 10.2 Å². The Balaban J connectivity index is 1.53. The van der Waals surface area contributed by atoms with E-state index >= 15 is 0 Å². The molecule has 0 saturated heterocycles. The largest absolute Gasteiger partial charge is 0.390 e. The van der Waals surface area contributed by atoms with Crippen molar-refractivity contribution in [2.75, 3.05) is 0 Å². The molecule has 0 aliphatic heterocycles. The number of fused-ring (bicyclic) bond motifs is 5. The Kier molecular flexibility index (Phi) is 6.40. The molecule has 2 N–H and O–H groups in total. The van der Waals surface area contributed by atoms with Gasteiger partial charge in [0.1, 0.15) is 0 Å². The number of aliphatic hydroxyl groups is 2. The van der Waals surface area contributed by atoms with Crippen LogP contribution in [0.1, 0.15) is 105 Å². The van der Waals surface area contributed by atoms with Crippen LogP contribution < -0.4 is 0 Å². The molecule has 0 aromatic rings. The van der Waals surface area contributed by atoms with Crippen LogP contribution in [0.3, 0.4) is 0 Å². The molecule has 10 atom stereocenters. The summed E-state index contributed by atoms with van der Waals surface area (Å²) in [5.41, 5.74) is -0.745. The van der Waals surface area contributed by atoms with Crippen LogP contribution >= 0.6 is 11.6 Å². The van der Waals surface area contributed by atoms with Gasteiger partial charge in [-0.15, -0.1) is 11.6 Å². The maximum Gasteiger partial charge on any atom is 0.0975 e. The third kappa shape index (κ3) is 3.50. The molecule has 0 bridgehead atoms. The number of hydrogen-bond acceptors (Lipinski definition) is 2. The van der Waals surface area contributed by atoms with E-state index in [-0.39, 0.29) is 10.8 Å². The van der Waals surface area contributed by atoms with Gasteiger partial charge in [-0.1, -0.05) is 53.9 Å². The monoisotopic (exact) mass is 438 g/mol. The van der Waals surface area contributed by atoms with E-state index in [1.807, 2.05) is 0 Å². The van der Waals surface area contributed by atoms with Gasteiger partial charge in [-0.25, -0.2) is 0 Å². The number of rotatable bonds is 5. The molecule has 0 aromatic carbocycles. The molecule has 174 valence electrons. The summed E-state index contributed by atoms with van der Waals surface area (Å²) in [5, 5.41) is 22.9. The van der Waals surface area contributed by atoms with Crippen molar-refractivity contribution in [1.82, 2.24) is 0 Å². The second-order valence-electron chi connectivity index (χ2n) is 12.8. The minimum atomic E-state index is -0.991. The topological polar surface area (TPSA) is 40.5 Å². The van der Waals surface area contributed by atoms with E-state index in [0.717, 1.165) is 42.9 Å². The lowest BCUT2D eigenvalue weighted by Gasteiger charge is -2.65. The van der Waals surface area contributed by atoms with Crippen molar-refractivity contribution in [3.8, 4) is 0 Å². The number of alkyl halides is 1. The molecule has 4 saturated carbocycles. The highest BCUT2D eigenvalue weighted by atomic mass is 35.5. The van der Waals surface area contributed by atoms with Crippen molar-refractivity contribution >= 4 is 11.6 Å². The molecular formula is C27H47ClO2. The van der Waals surface area contributed by atoms with Crippen LogP contribution in [-0.2, 0) is 0 Å². The van der Waals surface area contributed by atoms with Crippen molar-refractivity contribution in [2.45, 2.75) is 122 Å². The average Bonchev–Trinajstić information content (AvgIpc) is 3.01. The number of hydrogen-bond donors (Lipinski definition) is 2. The van der Waals surface area contributed by atoms with Crippen LogP contribution in [0.15, 0.2) is 0 Å². The Bertz CT molecular complexity index is 622. The smallest absolute Gasteiger partial charge is 0.0975 e. The number of halogens is 1. The SMILES string of the molecule is CC(C)CCCC(C)C1CCC2C3CC(O)[C@@]4(O)CC(Cl)CCC4(C)C3CCC12C. The van der Waals surface area contributed by atoms with Crippen molar-refractivity contribution in [3.63, 3.8) is 0 Å². The maximum absolute atomic E-state index is 11.7. The van der Waals surface area contributed by atoms with Gasteiger partial charge in [0, 0.05) is 10.8 Å². The van der Waals surface area contributed by atoms with E-state index in [1.54, 1.807) is 0 Å². The lowest BCUT2D eigenvalue weighted by molar-refractivity contribution is -0.252. The predicted molar refractivity (Wildman–Crippen MR) is 126 cm³/mol. The van der Waals surface area contributed by atoms with Crippen molar-refractivity contribution in [2.24, 2.45) is 46.3 Å². The van der Waals surface area contributed by atoms with Crippen LogP contribution in [0.5, 0.6) is 0 Å². The average molecular weight is 439 g/mol. The summed E-state index contributed by atoms with van der Waals surface area (Å²) in [6.45, 7) is 12.1. The third-order valence-electron chi connectivity index (χ3n) is 11.0. The minimum absolute atomic E-state index is 0.00526. The predicted octanol–water partition coefficient (Wildman–Crippen LogP) is 6.80. The molecule has 9 unspecified atom stereocenters. The molecule has 0 aromatic heterocycles. The molecule has 4 aliphatic carbocycles. The Morgan fingerprint density at radius 2 is 1.70 bits per heavy atom. The van der Waals surface area contributed by atoms with Gasteiger partial charge in [-0.05, 0) is 92.3 Å². The van der Waals surface area contributed by atoms with Gasteiger partial charge in [0.25, 0.3) is 0 Å². The molecule has 4 fully saturated rings. The lowest BCUT2D eigenvalue weighted by atomic mass is 9.42. The van der Waals surface area contributed by atoms with Gasteiger partial charge in [0.05, 0.1) is 11.7 Å². The summed E-state index contributed by atoms with van der Waals surface area (Å²) in [6, 6.07) is 0. The Hall–Kier alpha value is 0.210. The van der Waals surface area contributed by atoms with Crippen molar-refractivity contribution in [3.05, 3.63) is 0 Å². The molecule has 0 heterocycles. The van der Waals surface area contributed by atoms with Gasteiger partial charge >= 0.3 is 0 Å². The first-order chi connectivity index (χ1) is 14.0. The van der Waals surface area contributed by atoms with Crippen molar-refractivity contribution < 1.29 is 10.2 Å². The second-order valence-corrected chi connectivity index (χ2v) is 13.5.